The molecule has 1 heterocycles. The first-order chi connectivity index (χ1) is 8.08. The fourth-order valence-electron chi connectivity index (χ4n) is 1.36. The Morgan fingerprint density at radius 3 is 2.65 bits per heavy atom. The van der Waals surface area contributed by atoms with E-state index in [1.807, 2.05) is 5.32 Å². The van der Waals surface area contributed by atoms with Crippen molar-refractivity contribution in [2.24, 2.45) is 0 Å². The van der Waals surface area contributed by atoms with E-state index in [1.54, 1.807) is 0 Å². The molecule has 2 rings (SSSR count). The number of rotatable bonds is 2. The molecule has 0 spiro atoms. The molecule has 0 unspecified atom stereocenters. The molecule has 1 aliphatic rings. The maximum absolute atomic E-state index is 13.2. The molecule has 0 radical (unpaired) electrons. The van der Waals surface area contributed by atoms with Crippen LogP contribution >= 0.6 is 0 Å². The second-order valence-electron chi connectivity index (χ2n) is 3.36. The van der Waals surface area contributed by atoms with E-state index in [9.17, 15) is 18.8 Å². The second kappa shape index (κ2) is 4.20. The molecule has 1 saturated heterocycles. The highest BCUT2D eigenvalue weighted by molar-refractivity contribution is 6.04. The molecule has 4 amide bonds. The summed E-state index contributed by atoms with van der Waals surface area (Å²) < 4.78 is 13.2. The molecule has 0 aliphatic carbocycles. The van der Waals surface area contributed by atoms with Gasteiger partial charge < -0.3 is 0 Å². The van der Waals surface area contributed by atoms with Crippen molar-refractivity contribution in [2.75, 3.05) is 6.54 Å². The van der Waals surface area contributed by atoms with Crippen molar-refractivity contribution >= 4 is 17.8 Å². The Morgan fingerprint density at radius 2 is 2.06 bits per heavy atom. The third-order valence-electron chi connectivity index (χ3n) is 2.15. The van der Waals surface area contributed by atoms with Crippen molar-refractivity contribution in [3.05, 3.63) is 35.6 Å². The summed E-state index contributed by atoms with van der Waals surface area (Å²) in [5, 5.41) is 2.77. The number of imide groups is 1. The molecular formula is C10H8FN3O3. The predicted octanol–water partition coefficient (Wildman–Crippen LogP) is 0.0223. The highest BCUT2D eigenvalue weighted by atomic mass is 19.1. The number of hydrogen-bond donors (Lipinski definition) is 2. The first-order valence-corrected chi connectivity index (χ1v) is 4.75. The summed E-state index contributed by atoms with van der Waals surface area (Å²) in [6.45, 7) is -0.279. The Kier molecular flexibility index (Phi) is 2.73. The van der Waals surface area contributed by atoms with Crippen molar-refractivity contribution in [1.29, 1.82) is 0 Å². The van der Waals surface area contributed by atoms with Gasteiger partial charge in [-0.2, -0.15) is 0 Å². The quantitative estimate of drug-likeness (QED) is 0.712. The van der Waals surface area contributed by atoms with E-state index >= 15 is 0 Å². The molecular weight excluding hydrogens is 229 g/mol. The zero-order valence-corrected chi connectivity index (χ0v) is 8.57. The van der Waals surface area contributed by atoms with Crippen molar-refractivity contribution in [2.45, 2.75) is 0 Å². The minimum absolute atomic E-state index is 0.195. The van der Waals surface area contributed by atoms with Crippen LogP contribution in [-0.4, -0.2) is 29.4 Å². The van der Waals surface area contributed by atoms with Crippen LogP contribution in [0.2, 0.25) is 0 Å². The second-order valence-corrected chi connectivity index (χ2v) is 3.36. The Bertz CT molecular complexity index is 503. The number of carbonyl (C=O) groups excluding carboxylic acids is 3. The number of benzene rings is 1. The molecule has 17 heavy (non-hydrogen) atoms. The van der Waals surface area contributed by atoms with Gasteiger partial charge in [0.1, 0.15) is 12.4 Å². The number of nitrogens with one attached hydrogen (secondary N) is 2. The van der Waals surface area contributed by atoms with Gasteiger partial charge in [0.05, 0.1) is 5.56 Å². The maximum atomic E-state index is 13.2. The minimum atomic E-state index is -0.784. The number of carbonyl (C=O) groups is 3. The molecule has 2 N–H and O–H groups in total. The van der Waals surface area contributed by atoms with E-state index in [0.717, 1.165) is 11.1 Å². The van der Waals surface area contributed by atoms with E-state index in [4.69, 9.17) is 0 Å². The summed E-state index contributed by atoms with van der Waals surface area (Å²) in [6.07, 6.45) is 0. The van der Waals surface area contributed by atoms with E-state index in [2.05, 4.69) is 5.43 Å². The highest BCUT2D eigenvalue weighted by Crippen LogP contribution is 2.06. The van der Waals surface area contributed by atoms with Crippen molar-refractivity contribution in [3.63, 3.8) is 0 Å². The molecule has 88 valence electrons. The van der Waals surface area contributed by atoms with Crippen LogP contribution < -0.4 is 10.7 Å². The summed E-state index contributed by atoms with van der Waals surface area (Å²) in [5.74, 6) is -2.01. The van der Waals surface area contributed by atoms with Crippen LogP contribution in [0.5, 0.6) is 0 Å². The van der Waals surface area contributed by atoms with Gasteiger partial charge in [0.25, 0.3) is 5.91 Å². The van der Waals surface area contributed by atoms with Gasteiger partial charge in [-0.15, -0.1) is 0 Å². The van der Waals surface area contributed by atoms with E-state index in [0.29, 0.717) is 0 Å². The van der Waals surface area contributed by atoms with E-state index in [1.165, 1.54) is 18.2 Å². The van der Waals surface area contributed by atoms with Crippen LogP contribution in [0.3, 0.4) is 0 Å². The average molecular weight is 237 g/mol. The van der Waals surface area contributed by atoms with Gasteiger partial charge in [-0.25, -0.2) is 14.2 Å². The molecule has 0 atom stereocenters. The molecule has 0 bridgehead atoms. The summed E-state index contributed by atoms with van der Waals surface area (Å²) in [7, 11) is 0. The van der Waals surface area contributed by atoms with E-state index in [-0.39, 0.29) is 12.1 Å². The Balaban J connectivity index is 2.10. The Hall–Kier alpha value is -2.44. The highest BCUT2D eigenvalue weighted by Gasteiger charge is 2.28. The smallest absolute Gasteiger partial charge is 0.275 e. The lowest BCUT2D eigenvalue weighted by atomic mass is 10.2. The molecule has 1 aliphatic heterocycles. The lowest BCUT2D eigenvalue weighted by Gasteiger charge is -2.14. The van der Waals surface area contributed by atoms with Crippen LogP contribution in [0.1, 0.15) is 10.4 Å². The molecule has 0 aromatic heterocycles. The van der Waals surface area contributed by atoms with Gasteiger partial charge in [-0.1, -0.05) is 12.1 Å². The maximum Gasteiger partial charge on any atom is 0.343 e. The lowest BCUT2D eigenvalue weighted by Crippen LogP contribution is -2.44. The van der Waals surface area contributed by atoms with Gasteiger partial charge >= 0.3 is 6.03 Å². The first kappa shape index (κ1) is 11.1. The van der Waals surface area contributed by atoms with Gasteiger partial charge in [0, 0.05) is 0 Å². The van der Waals surface area contributed by atoms with E-state index < -0.39 is 23.7 Å². The van der Waals surface area contributed by atoms with Gasteiger partial charge in [-0.3, -0.25) is 20.3 Å². The molecule has 7 heteroatoms. The number of urea groups is 1. The van der Waals surface area contributed by atoms with Gasteiger partial charge in [0.2, 0.25) is 5.91 Å². The van der Waals surface area contributed by atoms with Crippen LogP contribution in [0.25, 0.3) is 0 Å². The zero-order chi connectivity index (χ0) is 12.4. The summed E-state index contributed by atoms with van der Waals surface area (Å²) in [4.78, 5) is 33.6. The Labute approximate surface area is 95.4 Å². The van der Waals surface area contributed by atoms with Crippen LogP contribution in [0.4, 0.5) is 9.18 Å². The fraction of sp³-hybridized carbons (Fsp3) is 0.100. The van der Waals surface area contributed by atoms with Gasteiger partial charge in [-0.05, 0) is 12.1 Å². The normalized spacial score (nSPS) is 14.8. The van der Waals surface area contributed by atoms with Crippen LogP contribution in [0, 0.1) is 5.82 Å². The third-order valence-corrected chi connectivity index (χ3v) is 2.15. The molecule has 0 saturated carbocycles. The van der Waals surface area contributed by atoms with Crippen molar-refractivity contribution < 1.29 is 18.8 Å². The summed E-state index contributed by atoms with van der Waals surface area (Å²) in [5.41, 5.74) is 1.94. The monoisotopic (exact) mass is 237 g/mol. The number of halogens is 1. The third kappa shape index (κ3) is 2.22. The predicted molar refractivity (Wildman–Crippen MR) is 54.1 cm³/mol. The van der Waals surface area contributed by atoms with Crippen LogP contribution in [-0.2, 0) is 4.79 Å². The number of amides is 4. The lowest BCUT2D eigenvalue weighted by molar-refractivity contribution is -0.118. The standard InChI is InChI=1S/C10H8FN3O3/c11-7-4-2-1-3-6(7)9(16)13-14-5-8(15)12-10(14)17/h1-4H,5H2,(H,13,16)(H,12,15,17). The topological polar surface area (TPSA) is 78.5 Å². The molecule has 1 aromatic carbocycles. The average Bonchev–Trinajstić information content (AvgIpc) is 2.58. The molecule has 1 aromatic rings. The first-order valence-electron chi connectivity index (χ1n) is 4.75. The number of hydrogen-bond acceptors (Lipinski definition) is 3. The Morgan fingerprint density at radius 1 is 1.35 bits per heavy atom. The van der Waals surface area contributed by atoms with Crippen molar-refractivity contribution in [1.82, 2.24) is 15.8 Å². The summed E-state index contributed by atoms with van der Waals surface area (Å²) >= 11 is 0. The summed E-state index contributed by atoms with van der Waals surface area (Å²) in [6, 6.07) is 4.61. The SMILES string of the molecule is O=C1CN(NC(=O)c2ccccc2F)C(=O)N1. The number of hydrazine groups is 1. The molecule has 1 fully saturated rings. The van der Waals surface area contributed by atoms with Crippen molar-refractivity contribution in [3.8, 4) is 0 Å². The zero-order valence-electron chi connectivity index (χ0n) is 8.57. The number of nitrogens with zero attached hydrogens (tertiary/aromatic N) is 1. The molecule has 6 nitrogen and oxygen atoms in total. The minimum Gasteiger partial charge on any atom is -0.275 e. The fourth-order valence-corrected chi connectivity index (χ4v) is 1.36. The van der Waals surface area contributed by atoms with Gasteiger partial charge in [0.15, 0.2) is 0 Å². The van der Waals surface area contributed by atoms with Crippen LogP contribution in [0.15, 0.2) is 24.3 Å². The largest absolute Gasteiger partial charge is 0.343 e.